The molecular formula is C26H44N4O4Si2. The van der Waals surface area contributed by atoms with Crippen LogP contribution in [-0.2, 0) is 14.3 Å². The van der Waals surface area contributed by atoms with E-state index in [1.165, 1.54) is 6.08 Å². The van der Waals surface area contributed by atoms with Gasteiger partial charge >= 0.3 is 5.97 Å². The monoisotopic (exact) mass is 532 g/mol. The van der Waals surface area contributed by atoms with E-state index in [0.29, 0.717) is 13.5 Å². The second kappa shape index (κ2) is 12.5. The maximum Gasteiger partial charge on any atom is 0.328 e. The Morgan fingerprint density at radius 1 is 1.14 bits per heavy atom. The van der Waals surface area contributed by atoms with Crippen LogP contribution in [-0.4, -0.2) is 68.5 Å². The third-order valence-electron chi connectivity index (χ3n) is 6.48. The van der Waals surface area contributed by atoms with Crippen molar-refractivity contribution in [1.82, 2.24) is 14.6 Å². The SMILES string of the molecule is C[Si](C)(C)CCOCN(COCC[Si](C)(C)C)c1cc(C2CCCC(=CC(=O)O)C2)nc2ccnn12. The van der Waals surface area contributed by atoms with Gasteiger partial charge in [0.1, 0.15) is 19.3 Å². The van der Waals surface area contributed by atoms with Crippen LogP contribution in [0.4, 0.5) is 5.82 Å². The third kappa shape index (κ3) is 9.13. The highest BCUT2D eigenvalue weighted by Gasteiger charge is 2.24. The first kappa shape index (κ1) is 28.6. The molecule has 2 aromatic rings. The molecule has 0 aliphatic heterocycles. The molecule has 1 aliphatic rings. The lowest BCUT2D eigenvalue weighted by Gasteiger charge is -2.28. The number of nitrogens with zero attached hydrogens (tertiary/aromatic N) is 4. The van der Waals surface area contributed by atoms with Crippen LogP contribution in [0.15, 0.2) is 30.0 Å². The highest BCUT2D eigenvalue weighted by molar-refractivity contribution is 6.76. The van der Waals surface area contributed by atoms with Gasteiger partial charge in [-0.1, -0.05) is 44.9 Å². The Hall–Kier alpha value is -2.02. The molecule has 1 fully saturated rings. The molecule has 3 rings (SSSR count). The number of carboxylic acid groups (broad SMARTS) is 1. The molecular weight excluding hydrogens is 488 g/mol. The molecule has 1 aliphatic carbocycles. The number of carboxylic acids is 1. The van der Waals surface area contributed by atoms with Gasteiger partial charge in [0.05, 0.1) is 6.20 Å². The number of fused-ring (bicyclic) bond motifs is 1. The zero-order valence-electron chi connectivity index (χ0n) is 22.9. The fraction of sp³-hybridized carbons (Fsp3) is 0.654. The molecule has 1 saturated carbocycles. The van der Waals surface area contributed by atoms with Crippen LogP contribution in [0.25, 0.3) is 5.65 Å². The standard InChI is InChI=1S/C26H44N4O4Si2/c1-35(2,3)14-12-33-19-29(20-34-13-15-36(4,5)6)25-18-23(28-24-10-11-27-30(24)25)22-9-7-8-21(16-22)17-26(31)32/h10-11,17-18,22H,7-9,12-16,19-20H2,1-6H3,(H,31,32). The van der Waals surface area contributed by atoms with Crippen molar-refractivity contribution in [1.29, 1.82) is 0 Å². The maximum atomic E-state index is 11.2. The number of hydrogen-bond donors (Lipinski definition) is 1. The number of hydrogen-bond acceptors (Lipinski definition) is 6. The summed E-state index contributed by atoms with van der Waals surface area (Å²) in [5, 5.41) is 13.8. The van der Waals surface area contributed by atoms with Gasteiger partial charge in [-0.3, -0.25) is 0 Å². The van der Waals surface area contributed by atoms with Gasteiger partial charge in [-0.25, -0.2) is 9.78 Å². The van der Waals surface area contributed by atoms with Crippen LogP contribution in [0.1, 0.15) is 37.3 Å². The van der Waals surface area contributed by atoms with Crippen LogP contribution >= 0.6 is 0 Å². The fourth-order valence-corrected chi connectivity index (χ4v) is 5.79. The van der Waals surface area contributed by atoms with E-state index >= 15 is 0 Å². The Bertz CT molecular complexity index is 1020. The molecule has 200 valence electrons. The first-order chi connectivity index (χ1) is 16.9. The van der Waals surface area contributed by atoms with E-state index in [4.69, 9.17) is 14.5 Å². The van der Waals surface area contributed by atoms with E-state index < -0.39 is 22.1 Å². The van der Waals surface area contributed by atoms with Gasteiger partial charge in [0.2, 0.25) is 0 Å². The molecule has 0 aromatic carbocycles. The van der Waals surface area contributed by atoms with Gasteiger partial charge in [0.25, 0.3) is 0 Å². The minimum Gasteiger partial charge on any atom is -0.478 e. The lowest BCUT2D eigenvalue weighted by Crippen LogP contribution is -2.33. The second-order valence-electron chi connectivity index (χ2n) is 12.3. The average Bonchev–Trinajstić information content (AvgIpc) is 3.24. The quantitative estimate of drug-likeness (QED) is 0.150. The van der Waals surface area contributed by atoms with Crippen molar-refractivity contribution in [3.8, 4) is 0 Å². The van der Waals surface area contributed by atoms with Gasteiger partial charge in [0.15, 0.2) is 5.65 Å². The molecule has 0 saturated heterocycles. The van der Waals surface area contributed by atoms with Gasteiger partial charge in [-0.15, -0.1) is 0 Å². The molecule has 36 heavy (non-hydrogen) atoms. The third-order valence-corrected chi connectivity index (χ3v) is 9.88. The van der Waals surface area contributed by atoms with E-state index in [9.17, 15) is 9.90 Å². The summed E-state index contributed by atoms with van der Waals surface area (Å²) < 4.78 is 14.1. The minimum absolute atomic E-state index is 0.186. The van der Waals surface area contributed by atoms with Crippen LogP contribution in [0.5, 0.6) is 0 Å². The highest BCUT2D eigenvalue weighted by Crippen LogP contribution is 2.36. The summed E-state index contributed by atoms with van der Waals surface area (Å²) in [6.07, 6.45) is 6.66. The molecule has 0 bridgehead atoms. The molecule has 0 radical (unpaired) electrons. The topological polar surface area (TPSA) is 89.2 Å². The summed E-state index contributed by atoms with van der Waals surface area (Å²) in [5.74, 6) is 0.212. The van der Waals surface area contributed by atoms with Crippen molar-refractivity contribution in [3.63, 3.8) is 0 Å². The van der Waals surface area contributed by atoms with Crippen LogP contribution in [0.3, 0.4) is 0 Å². The van der Waals surface area contributed by atoms with Gasteiger partial charge in [-0.2, -0.15) is 9.61 Å². The predicted molar refractivity (Wildman–Crippen MR) is 150 cm³/mol. The number of aromatic nitrogens is 3. The van der Waals surface area contributed by atoms with Crippen molar-refractivity contribution in [2.24, 2.45) is 0 Å². The number of allylic oxidation sites excluding steroid dienone is 1. The number of rotatable bonds is 13. The first-order valence-electron chi connectivity index (χ1n) is 13.1. The van der Waals surface area contributed by atoms with Crippen LogP contribution in [0.2, 0.25) is 51.4 Å². The zero-order valence-corrected chi connectivity index (χ0v) is 24.9. The highest BCUT2D eigenvalue weighted by atomic mass is 28.3. The molecule has 1 N–H and O–H groups in total. The van der Waals surface area contributed by atoms with E-state index in [1.54, 1.807) is 6.20 Å². The van der Waals surface area contributed by atoms with Gasteiger partial charge < -0.3 is 19.5 Å². The Morgan fingerprint density at radius 3 is 2.36 bits per heavy atom. The Balaban J connectivity index is 1.84. The molecule has 0 spiro atoms. The van der Waals surface area contributed by atoms with Crippen molar-refractivity contribution < 1.29 is 19.4 Å². The molecule has 2 heterocycles. The van der Waals surface area contributed by atoms with Crippen molar-refractivity contribution in [2.75, 3.05) is 31.6 Å². The van der Waals surface area contributed by atoms with Crippen molar-refractivity contribution in [2.45, 2.75) is 83.0 Å². The van der Waals surface area contributed by atoms with Crippen LogP contribution in [0, 0.1) is 0 Å². The van der Waals surface area contributed by atoms with E-state index in [1.807, 2.05) is 10.6 Å². The van der Waals surface area contributed by atoms with E-state index in [-0.39, 0.29) is 5.92 Å². The van der Waals surface area contributed by atoms with E-state index in [2.05, 4.69) is 55.3 Å². The van der Waals surface area contributed by atoms with E-state index in [0.717, 1.165) is 73.7 Å². The summed E-state index contributed by atoms with van der Waals surface area (Å²) >= 11 is 0. The molecule has 8 nitrogen and oxygen atoms in total. The summed E-state index contributed by atoms with van der Waals surface area (Å²) in [4.78, 5) is 18.2. The lowest BCUT2D eigenvalue weighted by atomic mass is 9.83. The smallest absolute Gasteiger partial charge is 0.328 e. The number of aliphatic carboxylic acids is 1. The number of ether oxygens (including phenoxy) is 2. The maximum absolute atomic E-state index is 11.2. The summed E-state index contributed by atoms with van der Waals surface area (Å²) in [6, 6.07) is 6.23. The summed E-state index contributed by atoms with van der Waals surface area (Å²) in [6.45, 7) is 16.4. The van der Waals surface area contributed by atoms with Crippen LogP contribution < -0.4 is 4.90 Å². The largest absolute Gasteiger partial charge is 0.478 e. The molecule has 0 amide bonds. The lowest BCUT2D eigenvalue weighted by molar-refractivity contribution is -0.131. The molecule has 1 unspecified atom stereocenters. The minimum atomic E-state index is -1.19. The Morgan fingerprint density at radius 2 is 1.78 bits per heavy atom. The summed E-state index contributed by atoms with van der Waals surface area (Å²) in [5.41, 5.74) is 2.74. The zero-order chi connectivity index (χ0) is 26.3. The number of anilines is 1. The molecule has 10 heteroatoms. The predicted octanol–water partition coefficient (Wildman–Crippen LogP) is 5.83. The first-order valence-corrected chi connectivity index (χ1v) is 20.5. The average molecular weight is 533 g/mol. The fourth-order valence-electron chi connectivity index (χ4n) is 4.28. The van der Waals surface area contributed by atoms with Gasteiger partial charge in [-0.05, 0) is 37.8 Å². The molecule has 1 atom stereocenters. The van der Waals surface area contributed by atoms with Crippen molar-refractivity contribution in [3.05, 3.63) is 35.7 Å². The Kier molecular flexibility index (Phi) is 9.90. The Labute approximate surface area is 217 Å². The number of carbonyl (C=O) groups is 1. The second-order valence-corrected chi connectivity index (χ2v) is 23.6. The normalized spacial score (nSPS) is 18.2. The van der Waals surface area contributed by atoms with Gasteiger partial charge in [0, 0.05) is 59.2 Å². The van der Waals surface area contributed by atoms with Crippen molar-refractivity contribution >= 4 is 33.6 Å². The molecule has 2 aromatic heterocycles. The summed E-state index contributed by atoms with van der Waals surface area (Å²) in [7, 11) is -2.38.